The summed E-state index contributed by atoms with van der Waals surface area (Å²) in [5, 5.41) is 6.18. The molecule has 1 unspecified atom stereocenters. The smallest absolute Gasteiger partial charge is 0.221 e. The average molecular weight is 260 g/mol. The fraction of sp³-hybridized carbons (Fsp3) is 0.562. The Labute approximate surface area is 115 Å². The zero-order chi connectivity index (χ0) is 13.9. The van der Waals surface area contributed by atoms with Crippen molar-refractivity contribution in [2.24, 2.45) is 0 Å². The zero-order valence-corrected chi connectivity index (χ0v) is 12.1. The van der Waals surface area contributed by atoms with Crippen molar-refractivity contribution in [3.05, 3.63) is 35.4 Å². The molecule has 2 N–H and O–H groups in total. The number of hydrogen-bond acceptors (Lipinski definition) is 2. The summed E-state index contributed by atoms with van der Waals surface area (Å²) in [5.74, 6) is 0.0944. The van der Waals surface area contributed by atoms with E-state index in [1.807, 2.05) is 0 Å². The molecule has 19 heavy (non-hydrogen) atoms. The van der Waals surface area contributed by atoms with Gasteiger partial charge in [0.15, 0.2) is 0 Å². The molecule has 0 spiro atoms. The first-order valence-electron chi connectivity index (χ1n) is 7.08. The third kappa shape index (κ3) is 3.16. The van der Waals surface area contributed by atoms with Gasteiger partial charge in [-0.2, -0.15) is 0 Å². The molecule has 1 atom stereocenters. The molecule has 3 nitrogen and oxygen atoms in total. The summed E-state index contributed by atoms with van der Waals surface area (Å²) < 4.78 is 0. The first-order chi connectivity index (χ1) is 9.04. The summed E-state index contributed by atoms with van der Waals surface area (Å²) in [5.41, 5.74) is 3.10. The number of hydrogen-bond donors (Lipinski definition) is 2. The second-order valence-corrected chi connectivity index (χ2v) is 5.94. The summed E-state index contributed by atoms with van der Waals surface area (Å²) in [6, 6.07) is 9.06. The Morgan fingerprint density at radius 2 is 2.11 bits per heavy atom. The van der Waals surface area contributed by atoms with E-state index >= 15 is 0 Å². The van der Waals surface area contributed by atoms with Crippen molar-refractivity contribution >= 4 is 5.91 Å². The maximum atomic E-state index is 11.3. The molecule has 1 aliphatic rings. The molecule has 104 valence electrons. The number of amides is 1. The molecule has 0 aromatic heterocycles. The molecule has 3 heteroatoms. The van der Waals surface area contributed by atoms with Crippen molar-refractivity contribution < 1.29 is 4.79 Å². The molecule has 2 rings (SSSR count). The number of fused-ring (bicyclic) bond motifs is 1. The highest BCUT2D eigenvalue weighted by atomic mass is 16.1. The van der Waals surface area contributed by atoms with Gasteiger partial charge >= 0.3 is 0 Å². The van der Waals surface area contributed by atoms with Crippen LogP contribution >= 0.6 is 0 Å². The predicted molar refractivity (Wildman–Crippen MR) is 78.1 cm³/mol. The molecule has 0 fully saturated rings. The first-order valence-corrected chi connectivity index (χ1v) is 7.08. The number of carbonyl (C=O) groups excluding carboxylic acids is 1. The number of benzene rings is 1. The lowest BCUT2D eigenvalue weighted by Crippen LogP contribution is -2.34. The molecule has 1 aromatic carbocycles. The summed E-state index contributed by atoms with van der Waals surface area (Å²) >= 11 is 0. The molecule has 1 amide bonds. The lowest BCUT2D eigenvalue weighted by molar-refractivity contribution is -0.120. The topological polar surface area (TPSA) is 41.1 Å². The quantitative estimate of drug-likeness (QED) is 0.873. The minimum Gasteiger partial charge on any atom is -0.359 e. The molecular formula is C16H24N2O. The van der Waals surface area contributed by atoms with E-state index < -0.39 is 0 Å². The second-order valence-electron chi connectivity index (χ2n) is 5.94. The largest absolute Gasteiger partial charge is 0.359 e. The van der Waals surface area contributed by atoms with Crippen molar-refractivity contribution in [2.75, 3.05) is 13.6 Å². The van der Waals surface area contributed by atoms with Crippen LogP contribution < -0.4 is 10.6 Å². The predicted octanol–water partition coefficient (Wildman–Crippen LogP) is 2.52. The monoisotopic (exact) mass is 260 g/mol. The van der Waals surface area contributed by atoms with Crippen LogP contribution in [0.2, 0.25) is 0 Å². The third-order valence-electron chi connectivity index (χ3n) is 4.14. The molecular weight excluding hydrogens is 236 g/mol. The van der Waals surface area contributed by atoms with Crippen LogP contribution in [0.3, 0.4) is 0 Å². The molecule has 1 aromatic rings. The lowest BCUT2D eigenvalue weighted by atomic mass is 9.71. The minimum absolute atomic E-state index is 0.0944. The highest BCUT2D eigenvalue weighted by Gasteiger charge is 2.31. The Kier molecular flexibility index (Phi) is 4.25. The van der Waals surface area contributed by atoms with Gasteiger partial charge in [-0.1, -0.05) is 38.1 Å². The molecule has 0 heterocycles. The molecule has 0 radical (unpaired) electrons. The van der Waals surface area contributed by atoms with Crippen LogP contribution in [0, 0.1) is 0 Å². The van der Waals surface area contributed by atoms with Crippen LogP contribution in [0.5, 0.6) is 0 Å². The van der Waals surface area contributed by atoms with Crippen molar-refractivity contribution in [3.63, 3.8) is 0 Å². The highest BCUT2D eigenvalue weighted by Crippen LogP contribution is 2.41. The van der Waals surface area contributed by atoms with E-state index in [0.717, 1.165) is 13.0 Å². The van der Waals surface area contributed by atoms with Gasteiger partial charge in [-0.25, -0.2) is 0 Å². The van der Waals surface area contributed by atoms with E-state index in [2.05, 4.69) is 48.7 Å². The maximum absolute atomic E-state index is 11.3. The van der Waals surface area contributed by atoms with Crippen LogP contribution in [0.15, 0.2) is 24.3 Å². The normalized spacial score (nSPS) is 20.7. The summed E-state index contributed by atoms with van der Waals surface area (Å²) in [4.78, 5) is 11.3. The van der Waals surface area contributed by atoms with Gasteiger partial charge in [0.25, 0.3) is 0 Å². The van der Waals surface area contributed by atoms with Crippen molar-refractivity contribution in [1.82, 2.24) is 10.6 Å². The minimum atomic E-state index is 0.0944. The average Bonchev–Trinajstić information content (AvgIpc) is 2.41. The van der Waals surface area contributed by atoms with Gasteiger partial charge in [0.1, 0.15) is 0 Å². The van der Waals surface area contributed by atoms with Crippen LogP contribution in [0.4, 0.5) is 0 Å². The molecule has 0 bridgehead atoms. The SMILES string of the molecule is CNC(=O)CCNC1CCC(C)(C)c2ccccc21. The fourth-order valence-electron chi connectivity index (χ4n) is 2.91. The van der Waals surface area contributed by atoms with Gasteiger partial charge < -0.3 is 10.6 Å². The maximum Gasteiger partial charge on any atom is 0.221 e. The van der Waals surface area contributed by atoms with Crippen molar-refractivity contribution in [2.45, 2.75) is 44.6 Å². The van der Waals surface area contributed by atoms with Crippen molar-refractivity contribution in [3.8, 4) is 0 Å². The van der Waals surface area contributed by atoms with Gasteiger partial charge in [0.05, 0.1) is 0 Å². The van der Waals surface area contributed by atoms with E-state index in [-0.39, 0.29) is 11.3 Å². The fourth-order valence-corrected chi connectivity index (χ4v) is 2.91. The Hall–Kier alpha value is -1.35. The summed E-state index contributed by atoms with van der Waals surface area (Å²) in [6.45, 7) is 5.36. The summed E-state index contributed by atoms with van der Waals surface area (Å²) in [6.07, 6.45) is 2.86. The third-order valence-corrected chi connectivity index (χ3v) is 4.14. The number of nitrogens with one attached hydrogen (secondary N) is 2. The standard InChI is InChI=1S/C16H24N2O/c1-16(2)10-8-14(18-11-9-15(19)17-3)12-6-4-5-7-13(12)16/h4-7,14,18H,8-11H2,1-3H3,(H,17,19). The highest BCUT2D eigenvalue weighted by molar-refractivity contribution is 5.75. The van der Waals surface area contributed by atoms with Crippen LogP contribution in [-0.4, -0.2) is 19.5 Å². The molecule has 1 aliphatic carbocycles. The molecule has 0 saturated heterocycles. The van der Waals surface area contributed by atoms with E-state index in [4.69, 9.17) is 0 Å². The van der Waals surface area contributed by atoms with E-state index in [1.165, 1.54) is 17.5 Å². The van der Waals surface area contributed by atoms with Gasteiger partial charge in [-0.3, -0.25) is 4.79 Å². The van der Waals surface area contributed by atoms with Crippen LogP contribution in [0.1, 0.15) is 50.3 Å². The van der Waals surface area contributed by atoms with Gasteiger partial charge in [0.2, 0.25) is 5.91 Å². The Morgan fingerprint density at radius 3 is 2.84 bits per heavy atom. The Bertz CT molecular complexity index is 454. The number of carbonyl (C=O) groups is 1. The lowest BCUT2D eigenvalue weighted by Gasteiger charge is -2.37. The Balaban J connectivity index is 2.06. The van der Waals surface area contributed by atoms with Crippen LogP contribution in [0.25, 0.3) is 0 Å². The van der Waals surface area contributed by atoms with E-state index in [9.17, 15) is 4.79 Å². The van der Waals surface area contributed by atoms with Gasteiger partial charge in [-0.15, -0.1) is 0 Å². The Morgan fingerprint density at radius 1 is 1.37 bits per heavy atom. The first kappa shape index (κ1) is 14.1. The van der Waals surface area contributed by atoms with Crippen LogP contribution in [-0.2, 0) is 10.2 Å². The van der Waals surface area contributed by atoms with E-state index in [1.54, 1.807) is 7.05 Å². The van der Waals surface area contributed by atoms with Crippen molar-refractivity contribution in [1.29, 1.82) is 0 Å². The summed E-state index contributed by atoms with van der Waals surface area (Å²) in [7, 11) is 1.68. The molecule has 0 saturated carbocycles. The van der Waals surface area contributed by atoms with E-state index in [0.29, 0.717) is 12.5 Å². The molecule has 0 aliphatic heterocycles. The van der Waals surface area contributed by atoms with Gasteiger partial charge in [-0.05, 0) is 29.4 Å². The number of rotatable bonds is 4. The zero-order valence-electron chi connectivity index (χ0n) is 12.1. The second kappa shape index (κ2) is 5.74. The van der Waals surface area contributed by atoms with Gasteiger partial charge in [0, 0.05) is 26.1 Å².